The number of ketones is 1. The zero-order valence-corrected chi connectivity index (χ0v) is 22.5. The number of rotatable bonds is 4. The van der Waals surface area contributed by atoms with E-state index in [-0.39, 0.29) is 30.6 Å². The quantitative estimate of drug-likeness (QED) is 0.390. The van der Waals surface area contributed by atoms with Gasteiger partial charge in [0.05, 0.1) is 0 Å². The third kappa shape index (κ3) is 4.63. The highest BCUT2D eigenvalue weighted by atomic mass is 79.9. The lowest BCUT2D eigenvalue weighted by atomic mass is 9.69. The lowest BCUT2D eigenvalue weighted by Gasteiger charge is -2.37. The van der Waals surface area contributed by atoms with E-state index in [1.54, 1.807) is 0 Å². The van der Waals surface area contributed by atoms with Gasteiger partial charge < -0.3 is 14.2 Å². The van der Waals surface area contributed by atoms with E-state index in [0.717, 1.165) is 47.0 Å². The van der Waals surface area contributed by atoms with Gasteiger partial charge in [-0.3, -0.25) is 14.6 Å². The molecule has 1 unspecified atom stereocenters. The van der Waals surface area contributed by atoms with Crippen LogP contribution in [0.3, 0.4) is 0 Å². The van der Waals surface area contributed by atoms with Crippen LogP contribution in [-0.4, -0.2) is 30.4 Å². The molecule has 1 fully saturated rings. The third-order valence-corrected chi connectivity index (χ3v) is 8.76. The van der Waals surface area contributed by atoms with Gasteiger partial charge in [0.25, 0.3) is 0 Å². The average molecular weight is 564 g/mol. The Morgan fingerprint density at radius 2 is 1.76 bits per heavy atom. The fraction of sp³-hybridized carbons (Fsp3) is 0.433. The first-order valence-electron chi connectivity index (χ1n) is 13.2. The van der Waals surface area contributed by atoms with Crippen molar-refractivity contribution in [3.05, 3.63) is 69.3 Å². The SMILES string of the molecule is CC1=NC2=C(C(=O)C[C@@H](c3ccccc3)C2)[C@@H](c2cc3c(cc2Br)OCO3)C1C(=O)OC1CCCCC1. The maximum absolute atomic E-state index is 13.9. The molecule has 0 bridgehead atoms. The molecule has 0 aromatic heterocycles. The van der Waals surface area contributed by atoms with Crippen LogP contribution in [0.15, 0.2) is 63.2 Å². The number of halogens is 1. The zero-order valence-electron chi connectivity index (χ0n) is 20.9. The number of Topliss-reactive ketones (excluding diaryl/α,β-unsaturated/α-hetero) is 1. The Morgan fingerprint density at radius 3 is 2.51 bits per heavy atom. The van der Waals surface area contributed by atoms with E-state index in [9.17, 15) is 9.59 Å². The van der Waals surface area contributed by atoms with Crippen LogP contribution in [0.1, 0.15) is 74.8 Å². The minimum atomic E-state index is -0.672. The first kappa shape index (κ1) is 24.4. The van der Waals surface area contributed by atoms with Gasteiger partial charge in [-0.05, 0) is 68.2 Å². The molecular formula is C30H30BrNO5. The molecule has 6 nitrogen and oxygen atoms in total. The number of nitrogens with zero attached hydrogens (tertiary/aromatic N) is 1. The highest BCUT2D eigenvalue weighted by Crippen LogP contribution is 2.50. The Balaban J connectivity index is 1.42. The van der Waals surface area contributed by atoms with E-state index in [1.165, 1.54) is 6.42 Å². The van der Waals surface area contributed by atoms with Crippen molar-refractivity contribution < 1.29 is 23.8 Å². The normalized spacial score (nSPS) is 25.5. The van der Waals surface area contributed by atoms with Gasteiger partial charge in [-0.25, -0.2) is 0 Å². The molecule has 2 aromatic rings. The van der Waals surface area contributed by atoms with E-state index < -0.39 is 11.8 Å². The van der Waals surface area contributed by atoms with Crippen molar-refractivity contribution in [1.82, 2.24) is 0 Å². The smallest absolute Gasteiger partial charge is 0.315 e. The van der Waals surface area contributed by atoms with Crippen molar-refractivity contribution in [1.29, 1.82) is 0 Å². The van der Waals surface area contributed by atoms with Crippen LogP contribution in [-0.2, 0) is 14.3 Å². The van der Waals surface area contributed by atoms with E-state index in [2.05, 4.69) is 28.1 Å². The van der Waals surface area contributed by atoms with Crippen molar-refractivity contribution in [2.24, 2.45) is 10.9 Å². The molecule has 0 radical (unpaired) electrons. The lowest BCUT2D eigenvalue weighted by Crippen LogP contribution is -2.39. The largest absolute Gasteiger partial charge is 0.462 e. The van der Waals surface area contributed by atoms with Gasteiger partial charge in [0.2, 0.25) is 6.79 Å². The van der Waals surface area contributed by atoms with Crippen molar-refractivity contribution in [3.63, 3.8) is 0 Å². The summed E-state index contributed by atoms with van der Waals surface area (Å²) in [5.41, 5.74) is 4.05. The summed E-state index contributed by atoms with van der Waals surface area (Å²) in [5.74, 6) is -0.109. The number of carbonyl (C=O) groups excluding carboxylic acids is 2. The lowest BCUT2D eigenvalue weighted by molar-refractivity contribution is -0.153. The van der Waals surface area contributed by atoms with Crippen molar-refractivity contribution in [2.75, 3.05) is 6.79 Å². The summed E-state index contributed by atoms with van der Waals surface area (Å²) >= 11 is 3.70. The van der Waals surface area contributed by atoms with Crippen LogP contribution in [0, 0.1) is 5.92 Å². The Kier molecular flexibility index (Phi) is 6.65. The first-order chi connectivity index (χ1) is 18.0. The molecule has 4 aliphatic rings. The number of esters is 1. The van der Waals surface area contributed by atoms with Crippen LogP contribution in [0.25, 0.3) is 0 Å². The van der Waals surface area contributed by atoms with E-state index in [4.69, 9.17) is 19.2 Å². The minimum absolute atomic E-state index is 0.0383. The van der Waals surface area contributed by atoms with Gasteiger partial charge in [-0.2, -0.15) is 0 Å². The Labute approximate surface area is 225 Å². The summed E-state index contributed by atoms with van der Waals surface area (Å²) in [6, 6.07) is 13.9. The Morgan fingerprint density at radius 1 is 1.03 bits per heavy atom. The predicted molar refractivity (Wildman–Crippen MR) is 143 cm³/mol. The average Bonchev–Trinajstić information content (AvgIpc) is 3.35. The van der Waals surface area contributed by atoms with Gasteiger partial charge >= 0.3 is 5.97 Å². The molecule has 1 saturated carbocycles. The standard InChI is InChI=1S/C30H30BrNO5/c1-17-27(30(34)37-20-10-6-3-7-11-20)28(21-14-25-26(15-22(21)31)36-16-35-25)29-23(32-17)12-19(13-24(29)33)18-8-4-2-5-9-18/h2,4-5,8-9,14-15,19-20,27-28H,3,6-7,10-13,16H2,1H3/t19-,27?,28-/m0/s1. The number of benzene rings is 2. The Bertz CT molecular complexity index is 1290. The molecule has 0 spiro atoms. The van der Waals surface area contributed by atoms with Crippen LogP contribution in [0.5, 0.6) is 11.5 Å². The highest BCUT2D eigenvalue weighted by Gasteiger charge is 2.46. The van der Waals surface area contributed by atoms with E-state index >= 15 is 0 Å². The number of fused-ring (bicyclic) bond motifs is 1. The first-order valence-corrected chi connectivity index (χ1v) is 13.9. The summed E-state index contributed by atoms with van der Waals surface area (Å²) < 4.78 is 18.1. The molecular weight excluding hydrogens is 534 g/mol. The predicted octanol–water partition coefficient (Wildman–Crippen LogP) is 6.63. The summed E-state index contributed by atoms with van der Waals surface area (Å²) in [5, 5.41) is 0. The molecule has 0 amide bonds. The molecule has 3 atom stereocenters. The van der Waals surface area contributed by atoms with Crippen molar-refractivity contribution >= 4 is 33.4 Å². The number of carbonyl (C=O) groups is 2. The molecule has 2 heterocycles. The molecule has 2 aliphatic heterocycles. The van der Waals surface area contributed by atoms with Crippen LogP contribution in [0.4, 0.5) is 0 Å². The Hall–Kier alpha value is -2.93. The van der Waals surface area contributed by atoms with Crippen molar-refractivity contribution in [3.8, 4) is 11.5 Å². The molecule has 7 heteroatoms. The third-order valence-electron chi connectivity index (χ3n) is 8.08. The second kappa shape index (κ2) is 10.1. The fourth-order valence-electron chi connectivity index (χ4n) is 6.25. The number of allylic oxidation sites excluding steroid dienone is 2. The van der Waals surface area contributed by atoms with E-state index in [0.29, 0.717) is 35.6 Å². The summed E-state index contributed by atoms with van der Waals surface area (Å²) in [6.07, 6.45) is 6.07. The molecule has 2 aromatic carbocycles. The van der Waals surface area contributed by atoms with Gasteiger partial charge in [0, 0.05) is 33.8 Å². The number of hydrogen-bond acceptors (Lipinski definition) is 6. The molecule has 2 aliphatic carbocycles. The number of ether oxygens (including phenoxy) is 3. The molecule has 0 N–H and O–H groups in total. The van der Waals surface area contributed by atoms with E-state index in [1.807, 2.05) is 37.3 Å². The van der Waals surface area contributed by atoms with Gasteiger partial charge in [-0.1, -0.05) is 52.7 Å². The molecule has 0 saturated heterocycles. The molecule has 6 rings (SSSR count). The topological polar surface area (TPSA) is 74.2 Å². The summed E-state index contributed by atoms with van der Waals surface area (Å²) in [4.78, 5) is 32.5. The maximum Gasteiger partial charge on any atom is 0.315 e. The van der Waals surface area contributed by atoms with Gasteiger partial charge in [0.15, 0.2) is 17.3 Å². The number of hydrogen-bond donors (Lipinski definition) is 0. The van der Waals surface area contributed by atoms with Crippen LogP contribution in [0.2, 0.25) is 0 Å². The summed E-state index contributed by atoms with van der Waals surface area (Å²) in [7, 11) is 0. The van der Waals surface area contributed by atoms with Crippen molar-refractivity contribution in [2.45, 2.75) is 69.8 Å². The number of aliphatic imine (C=N–C) groups is 1. The second-order valence-electron chi connectivity index (χ2n) is 10.4. The van der Waals surface area contributed by atoms with Crippen LogP contribution < -0.4 is 9.47 Å². The second-order valence-corrected chi connectivity index (χ2v) is 11.3. The minimum Gasteiger partial charge on any atom is -0.462 e. The highest BCUT2D eigenvalue weighted by molar-refractivity contribution is 9.10. The van der Waals surface area contributed by atoms with Gasteiger partial charge in [0.1, 0.15) is 12.0 Å². The fourth-order valence-corrected chi connectivity index (χ4v) is 6.82. The van der Waals surface area contributed by atoms with Gasteiger partial charge in [-0.15, -0.1) is 0 Å². The van der Waals surface area contributed by atoms with Crippen LogP contribution >= 0.6 is 15.9 Å². The zero-order chi connectivity index (χ0) is 25.5. The monoisotopic (exact) mass is 563 g/mol. The summed E-state index contributed by atoms with van der Waals surface area (Å²) in [6.45, 7) is 2.04. The molecule has 192 valence electrons. The molecule has 37 heavy (non-hydrogen) atoms. The maximum atomic E-state index is 13.9.